The first-order chi connectivity index (χ1) is 23.4. The van der Waals surface area contributed by atoms with Gasteiger partial charge in [-0.25, -0.2) is 0 Å². The molecule has 0 fully saturated rings. The van der Waals surface area contributed by atoms with Gasteiger partial charge in [-0.3, -0.25) is 18.7 Å². The van der Waals surface area contributed by atoms with Crippen LogP contribution in [-0.4, -0.2) is 37.5 Å². The normalized spacial score (nSPS) is 12.9. The first kappa shape index (κ1) is 37.8. The maximum absolute atomic E-state index is 14.3. The van der Waals surface area contributed by atoms with E-state index in [1.165, 1.54) is 0 Å². The molecule has 4 N–H and O–H groups in total. The van der Waals surface area contributed by atoms with Crippen LogP contribution in [-0.2, 0) is 45.9 Å². The van der Waals surface area contributed by atoms with Gasteiger partial charge in [0.2, 0.25) is 0 Å². The minimum atomic E-state index is -4.66. The zero-order valence-electron chi connectivity index (χ0n) is 28.2. The minimum absolute atomic E-state index is 0.0270. The van der Waals surface area contributed by atoms with Crippen molar-refractivity contribution in [2.45, 2.75) is 77.0 Å². The molecule has 1 aliphatic rings. The fraction of sp³-hybridized carbons (Fsp3) is 0.278. The van der Waals surface area contributed by atoms with Gasteiger partial charge in [0, 0.05) is 31.4 Å². The lowest BCUT2D eigenvalue weighted by atomic mass is 9.82. The summed E-state index contributed by atoms with van der Waals surface area (Å²) in [7, 11) is -9.31. The number of hydrogen-bond acceptors (Lipinski definition) is 8. The van der Waals surface area contributed by atoms with Crippen LogP contribution in [0.25, 0.3) is 0 Å². The van der Waals surface area contributed by atoms with Crippen LogP contribution in [0.4, 0.5) is 22.7 Å². The van der Waals surface area contributed by atoms with Gasteiger partial charge in [0.15, 0.2) is 11.6 Å². The maximum Gasteiger partial charge on any atom is 0.295 e. The highest BCUT2D eigenvalue weighted by atomic mass is 79.9. The summed E-state index contributed by atoms with van der Waals surface area (Å²) < 4.78 is 72.1. The molecule has 1 aliphatic carbocycles. The van der Waals surface area contributed by atoms with E-state index in [0.29, 0.717) is 68.3 Å². The number of ketones is 2. The molecule has 0 saturated heterocycles. The lowest BCUT2D eigenvalue weighted by molar-refractivity contribution is 0.0980. The van der Waals surface area contributed by atoms with Crippen molar-refractivity contribution in [2.75, 3.05) is 10.6 Å². The molecule has 0 saturated carbocycles. The molecule has 0 spiro atoms. The van der Waals surface area contributed by atoms with E-state index in [1.54, 1.807) is 64.1 Å². The average Bonchev–Trinajstić information content (AvgIpc) is 3.05. The number of hydrogen-bond donors (Lipinski definition) is 4. The molecule has 0 radical (unpaired) electrons. The van der Waals surface area contributed by atoms with Gasteiger partial charge in [-0.2, -0.15) is 16.8 Å². The lowest BCUT2D eigenvalue weighted by Gasteiger charge is -2.27. The summed E-state index contributed by atoms with van der Waals surface area (Å²) in [6, 6.07) is 9.62. The average molecular weight is 849 g/mol. The van der Waals surface area contributed by atoms with Gasteiger partial charge in [0.05, 0.1) is 22.5 Å². The second kappa shape index (κ2) is 14.0. The van der Waals surface area contributed by atoms with Crippen LogP contribution in [0.3, 0.4) is 0 Å². The smallest absolute Gasteiger partial charge is 0.295 e. The van der Waals surface area contributed by atoms with E-state index in [4.69, 9.17) is 0 Å². The number of anilines is 4. The maximum atomic E-state index is 14.3. The Labute approximate surface area is 308 Å². The molecule has 14 heteroatoms. The summed E-state index contributed by atoms with van der Waals surface area (Å²) >= 11 is 7.11. The molecule has 0 unspecified atom stereocenters. The predicted molar refractivity (Wildman–Crippen MR) is 201 cm³/mol. The van der Waals surface area contributed by atoms with Gasteiger partial charge in [-0.1, -0.05) is 83.8 Å². The van der Waals surface area contributed by atoms with Crippen molar-refractivity contribution >= 4 is 86.4 Å². The molecule has 0 bridgehead atoms. The number of halogens is 2. The van der Waals surface area contributed by atoms with Crippen molar-refractivity contribution in [3.63, 3.8) is 0 Å². The molecule has 4 aromatic carbocycles. The highest BCUT2D eigenvalue weighted by molar-refractivity contribution is 9.11. The fourth-order valence-electron chi connectivity index (χ4n) is 6.95. The summed E-state index contributed by atoms with van der Waals surface area (Å²) in [4.78, 5) is 28.2. The highest BCUT2D eigenvalue weighted by Crippen LogP contribution is 2.45. The SMILES string of the molecule is CCc1c(Br)c(CC)c(S(=O)(=O)O)c(C)c1Nc1ccc(Nc2c(C)c(S(=O)(=O)O)c(CC)c(Br)c2CC)c2c1C(=O)c1ccccc1C2=O. The molecule has 0 aliphatic heterocycles. The van der Waals surface area contributed by atoms with Crippen LogP contribution < -0.4 is 10.6 Å². The second-order valence-corrected chi connectivity index (χ2v) is 16.2. The van der Waals surface area contributed by atoms with E-state index in [2.05, 4.69) is 42.5 Å². The third-order valence-electron chi connectivity index (χ3n) is 9.17. The van der Waals surface area contributed by atoms with Crippen molar-refractivity contribution in [2.24, 2.45) is 0 Å². The van der Waals surface area contributed by atoms with Crippen molar-refractivity contribution < 1.29 is 35.5 Å². The van der Waals surface area contributed by atoms with Crippen LogP contribution in [0.1, 0.15) is 92.9 Å². The number of carbonyl (C=O) groups is 2. The number of rotatable bonds is 10. The molecular weight excluding hydrogens is 812 g/mol. The van der Waals surface area contributed by atoms with Crippen molar-refractivity contribution in [3.8, 4) is 0 Å². The number of nitrogens with one attached hydrogen (secondary N) is 2. The van der Waals surface area contributed by atoms with Crippen LogP contribution in [0.5, 0.6) is 0 Å². The molecule has 50 heavy (non-hydrogen) atoms. The zero-order valence-corrected chi connectivity index (χ0v) is 33.0. The van der Waals surface area contributed by atoms with E-state index in [0.717, 1.165) is 0 Å². The minimum Gasteiger partial charge on any atom is -0.354 e. The Balaban J connectivity index is 1.83. The van der Waals surface area contributed by atoms with Gasteiger partial charge in [0.25, 0.3) is 20.2 Å². The quantitative estimate of drug-likeness (QED) is 0.0998. The Morgan fingerprint density at radius 3 is 1.18 bits per heavy atom. The summed E-state index contributed by atoms with van der Waals surface area (Å²) in [5.74, 6) is -0.908. The summed E-state index contributed by atoms with van der Waals surface area (Å²) in [5.41, 5.74) is 4.33. The Kier molecular flexibility index (Phi) is 10.6. The summed E-state index contributed by atoms with van der Waals surface area (Å²) in [5, 5.41) is 6.52. The van der Waals surface area contributed by atoms with Crippen LogP contribution in [0, 0.1) is 13.8 Å². The van der Waals surface area contributed by atoms with Gasteiger partial charge in [0.1, 0.15) is 9.79 Å². The van der Waals surface area contributed by atoms with Crippen LogP contribution in [0.15, 0.2) is 55.1 Å². The monoisotopic (exact) mass is 846 g/mol. The second-order valence-electron chi connectivity index (χ2n) is 11.9. The summed E-state index contributed by atoms with van der Waals surface area (Å²) in [6.45, 7) is 10.5. The van der Waals surface area contributed by atoms with Crippen LogP contribution in [0.2, 0.25) is 0 Å². The Morgan fingerprint density at radius 1 is 0.580 bits per heavy atom. The topological polar surface area (TPSA) is 167 Å². The van der Waals surface area contributed by atoms with Crippen LogP contribution >= 0.6 is 31.9 Å². The third-order valence-corrected chi connectivity index (χ3v) is 13.2. The van der Waals surface area contributed by atoms with Crippen molar-refractivity contribution in [3.05, 3.63) is 101 Å². The first-order valence-corrected chi connectivity index (χ1v) is 20.4. The molecule has 10 nitrogen and oxygen atoms in total. The molecule has 0 aromatic heterocycles. The van der Waals surface area contributed by atoms with Gasteiger partial charge in [-0.15, -0.1) is 0 Å². The highest BCUT2D eigenvalue weighted by Gasteiger charge is 2.36. The van der Waals surface area contributed by atoms with E-state index in [-0.39, 0.29) is 54.5 Å². The Bertz CT molecular complexity index is 2190. The Hall–Kier alpha value is -3.40. The Morgan fingerprint density at radius 2 is 0.900 bits per heavy atom. The first-order valence-electron chi connectivity index (χ1n) is 16.0. The largest absolute Gasteiger partial charge is 0.354 e. The standard InChI is InChI=1S/C36H36Br2N2O8S2/c1-7-19-29(37)21(9-3)35(49(43,44)45)17(5)31(19)39-25-15-16-26(28-27(25)33(41)23-13-11-12-14-24(23)34(28)42)40-32-18(6)36(50(46,47)48)22(10-4)30(38)20(32)8-2/h11-16,39-40H,7-10H2,1-6H3,(H,43,44,45)(H,46,47,48). The molecule has 0 atom stereocenters. The lowest BCUT2D eigenvalue weighted by Crippen LogP contribution is -2.24. The molecule has 0 amide bonds. The molecule has 0 heterocycles. The zero-order chi connectivity index (χ0) is 37.0. The van der Waals surface area contributed by atoms with Gasteiger partial charge < -0.3 is 10.6 Å². The van der Waals surface area contributed by atoms with E-state index < -0.39 is 31.8 Å². The van der Waals surface area contributed by atoms with E-state index in [9.17, 15) is 35.5 Å². The third kappa shape index (κ3) is 6.24. The van der Waals surface area contributed by atoms with Crippen molar-refractivity contribution in [1.29, 1.82) is 0 Å². The van der Waals surface area contributed by atoms with E-state index >= 15 is 0 Å². The van der Waals surface area contributed by atoms with Gasteiger partial charge in [-0.05, 0) is 85.0 Å². The molecular formula is C36H36Br2N2O8S2. The molecule has 264 valence electrons. The predicted octanol–water partition coefficient (Wildman–Crippen LogP) is 8.83. The number of carbonyl (C=O) groups excluding carboxylic acids is 2. The van der Waals surface area contributed by atoms with Crippen molar-refractivity contribution in [1.82, 2.24) is 0 Å². The molecule has 5 rings (SSSR count). The number of fused-ring (bicyclic) bond motifs is 2. The molecule has 4 aromatic rings. The van der Waals surface area contributed by atoms with E-state index in [1.807, 2.05) is 13.8 Å². The summed E-state index contributed by atoms with van der Waals surface area (Å²) in [6.07, 6.45) is 1.55. The fourth-order valence-corrected chi connectivity index (χ4v) is 11.2. The van der Waals surface area contributed by atoms with Gasteiger partial charge >= 0.3 is 0 Å². The number of benzene rings is 4.